The average Bonchev–Trinajstić information content (AvgIpc) is 2.84. The van der Waals surface area contributed by atoms with Gasteiger partial charge in [-0.15, -0.1) is 0 Å². The molecule has 33 heavy (non-hydrogen) atoms. The van der Waals surface area contributed by atoms with Gasteiger partial charge >= 0.3 is 0 Å². The van der Waals surface area contributed by atoms with E-state index in [9.17, 15) is 4.79 Å². The van der Waals surface area contributed by atoms with Crippen molar-refractivity contribution in [1.29, 1.82) is 0 Å². The van der Waals surface area contributed by atoms with Crippen LogP contribution in [-0.4, -0.2) is 63.9 Å². The first kappa shape index (κ1) is 22.6. The van der Waals surface area contributed by atoms with Crippen LogP contribution in [0.2, 0.25) is 0 Å². The summed E-state index contributed by atoms with van der Waals surface area (Å²) in [4.78, 5) is 30.7. The number of aromatic nitrogens is 3. The fourth-order valence-electron chi connectivity index (χ4n) is 4.10. The van der Waals surface area contributed by atoms with Crippen LogP contribution in [0.3, 0.4) is 0 Å². The predicted molar refractivity (Wildman–Crippen MR) is 133 cm³/mol. The number of piperazine rings is 1. The quantitative estimate of drug-likeness (QED) is 0.463. The number of hydrogen-bond acceptors (Lipinski definition) is 5. The standard InChI is InChI=1S/C26H25N5O.CH4/c1-18-6-7-22(16-27-18)19-8-9-24-23(15-19)25(29-17-28-24)20-4-3-5-21(14-20)26(32)31-12-10-30(2)11-13-31;/h3-9,14-17H,10-13H2,1-2H3;1H4. The van der Waals surface area contributed by atoms with Gasteiger partial charge in [0.2, 0.25) is 0 Å². The molecule has 5 rings (SSSR count). The van der Waals surface area contributed by atoms with Crippen LogP contribution in [0.5, 0.6) is 0 Å². The maximum atomic E-state index is 13.1. The van der Waals surface area contributed by atoms with E-state index in [1.54, 1.807) is 6.33 Å². The molecule has 0 radical (unpaired) electrons. The van der Waals surface area contributed by atoms with E-state index in [4.69, 9.17) is 0 Å². The molecule has 1 amide bonds. The molecular formula is C27H29N5O. The van der Waals surface area contributed by atoms with Crippen LogP contribution in [0.25, 0.3) is 33.3 Å². The third-order valence-electron chi connectivity index (χ3n) is 6.05. The number of nitrogens with zero attached hydrogens (tertiary/aromatic N) is 5. The Kier molecular flexibility index (Phi) is 6.47. The number of aryl methyl sites for hydroxylation is 1. The largest absolute Gasteiger partial charge is 0.336 e. The minimum absolute atomic E-state index is 0. The van der Waals surface area contributed by atoms with Gasteiger partial charge < -0.3 is 9.80 Å². The third kappa shape index (κ3) is 4.61. The number of carbonyl (C=O) groups excluding carboxylic acids is 1. The second-order valence-electron chi connectivity index (χ2n) is 8.32. The lowest BCUT2D eigenvalue weighted by atomic mass is 10.00. The van der Waals surface area contributed by atoms with E-state index in [2.05, 4.69) is 45.1 Å². The Hall–Kier alpha value is -3.64. The lowest BCUT2D eigenvalue weighted by Crippen LogP contribution is -2.47. The lowest BCUT2D eigenvalue weighted by Gasteiger charge is -2.32. The summed E-state index contributed by atoms with van der Waals surface area (Å²) in [5.41, 5.74) is 6.39. The summed E-state index contributed by atoms with van der Waals surface area (Å²) in [7, 11) is 2.09. The van der Waals surface area contributed by atoms with E-state index in [0.29, 0.717) is 5.56 Å². The van der Waals surface area contributed by atoms with Crippen molar-refractivity contribution < 1.29 is 4.79 Å². The van der Waals surface area contributed by atoms with Crippen molar-refractivity contribution in [3.8, 4) is 22.4 Å². The highest BCUT2D eigenvalue weighted by Crippen LogP contribution is 2.30. The molecule has 0 bridgehead atoms. The number of hydrogen-bond donors (Lipinski definition) is 0. The summed E-state index contributed by atoms with van der Waals surface area (Å²) in [5, 5.41) is 0.953. The van der Waals surface area contributed by atoms with Crippen LogP contribution >= 0.6 is 0 Å². The predicted octanol–water partition coefficient (Wildman–Crippen LogP) is 4.69. The smallest absolute Gasteiger partial charge is 0.253 e. The van der Waals surface area contributed by atoms with Crippen molar-refractivity contribution >= 4 is 16.8 Å². The number of likely N-dealkylation sites (N-methyl/N-ethyl adjacent to an activating group) is 1. The van der Waals surface area contributed by atoms with E-state index in [0.717, 1.165) is 65.2 Å². The zero-order chi connectivity index (χ0) is 22.1. The molecule has 1 saturated heterocycles. The molecule has 2 aromatic heterocycles. The monoisotopic (exact) mass is 439 g/mol. The number of rotatable bonds is 3. The molecule has 1 fully saturated rings. The van der Waals surface area contributed by atoms with E-state index in [1.807, 2.05) is 54.4 Å². The average molecular weight is 440 g/mol. The zero-order valence-corrected chi connectivity index (χ0v) is 18.3. The maximum absolute atomic E-state index is 13.1. The van der Waals surface area contributed by atoms with Crippen LogP contribution in [0.4, 0.5) is 0 Å². The van der Waals surface area contributed by atoms with Crippen molar-refractivity contribution in [2.75, 3.05) is 33.2 Å². The Morgan fingerprint density at radius 1 is 0.848 bits per heavy atom. The zero-order valence-electron chi connectivity index (χ0n) is 18.3. The van der Waals surface area contributed by atoms with Crippen molar-refractivity contribution in [3.63, 3.8) is 0 Å². The van der Waals surface area contributed by atoms with Gasteiger partial charge in [0.05, 0.1) is 11.2 Å². The van der Waals surface area contributed by atoms with Crippen LogP contribution in [-0.2, 0) is 0 Å². The van der Waals surface area contributed by atoms with Gasteiger partial charge in [-0.25, -0.2) is 9.97 Å². The highest BCUT2D eigenvalue weighted by Gasteiger charge is 2.21. The molecule has 0 unspecified atom stereocenters. The molecule has 4 aromatic rings. The second-order valence-corrected chi connectivity index (χ2v) is 8.32. The molecule has 1 aliphatic rings. The SMILES string of the molecule is C.Cc1ccc(-c2ccc3ncnc(-c4cccc(C(=O)N5CCN(C)CC5)c4)c3c2)cn1. The summed E-state index contributed by atoms with van der Waals surface area (Å²) in [6.45, 7) is 5.29. The van der Waals surface area contributed by atoms with Gasteiger partial charge in [-0.2, -0.15) is 0 Å². The van der Waals surface area contributed by atoms with Crippen LogP contribution in [0.15, 0.2) is 67.1 Å². The highest BCUT2D eigenvalue weighted by molar-refractivity contribution is 5.98. The van der Waals surface area contributed by atoms with Crippen LogP contribution < -0.4 is 0 Å². The Balaban J connectivity index is 0.00000259. The molecule has 6 nitrogen and oxygen atoms in total. The molecule has 6 heteroatoms. The molecule has 2 aromatic carbocycles. The Bertz CT molecular complexity index is 1280. The molecule has 0 spiro atoms. The van der Waals surface area contributed by atoms with E-state index in [1.165, 1.54) is 0 Å². The Labute approximate surface area is 194 Å². The van der Waals surface area contributed by atoms with E-state index >= 15 is 0 Å². The van der Waals surface area contributed by atoms with E-state index < -0.39 is 0 Å². The summed E-state index contributed by atoms with van der Waals surface area (Å²) in [6, 6.07) is 18.0. The highest BCUT2D eigenvalue weighted by atomic mass is 16.2. The summed E-state index contributed by atoms with van der Waals surface area (Å²) < 4.78 is 0. The topological polar surface area (TPSA) is 62.2 Å². The summed E-state index contributed by atoms with van der Waals surface area (Å²) in [5.74, 6) is 0.0738. The first-order valence-corrected chi connectivity index (χ1v) is 10.8. The number of carbonyl (C=O) groups is 1. The molecule has 0 saturated carbocycles. The number of amides is 1. The van der Waals surface area contributed by atoms with Crippen molar-refractivity contribution in [1.82, 2.24) is 24.8 Å². The van der Waals surface area contributed by atoms with Gasteiger partial charge in [-0.1, -0.05) is 31.7 Å². The van der Waals surface area contributed by atoms with E-state index in [-0.39, 0.29) is 13.3 Å². The minimum Gasteiger partial charge on any atom is -0.336 e. The molecule has 0 aliphatic carbocycles. The van der Waals surface area contributed by atoms with Crippen molar-refractivity contribution in [2.45, 2.75) is 14.4 Å². The fourth-order valence-corrected chi connectivity index (χ4v) is 4.10. The normalized spacial score (nSPS) is 14.2. The Morgan fingerprint density at radius 2 is 1.64 bits per heavy atom. The molecular weight excluding hydrogens is 410 g/mol. The first-order valence-electron chi connectivity index (χ1n) is 10.8. The third-order valence-corrected chi connectivity index (χ3v) is 6.05. The summed E-state index contributed by atoms with van der Waals surface area (Å²) in [6.07, 6.45) is 3.47. The fraction of sp³-hybridized carbons (Fsp3) is 0.259. The summed E-state index contributed by atoms with van der Waals surface area (Å²) >= 11 is 0. The molecule has 1 aliphatic heterocycles. The maximum Gasteiger partial charge on any atom is 0.253 e. The number of pyridine rings is 1. The van der Waals surface area contributed by atoms with Gasteiger partial charge in [-0.3, -0.25) is 9.78 Å². The number of benzene rings is 2. The Morgan fingerprint density at radius 3 is 2.39 bits per heavy atom. The van der Waals surface area contributed by atoms with Gasteiger partial charge in [0.15, 0.2) is 0 Å². The van der Waals surface area contributed by atoms with Crippen molar-refractivity contribution in [2.24, 2.45) is 0 Å². The van der Waals surface area contributed by atoms with Crippen LogP contribution in [0, 0.1) is 6.92 Å². The molecule has 3 heterocycles. The first-order chi connectivity index (χ1) is 15.6. The van der Waals surface area contributed by atoms with Crippen LogP contribution in [0.1, 0.15) is 23.5 Å². The number of fused-ring (bicyclic) bond motifs is 1. The second kappa shape index (κ2) is 9.46. The van der Waals surface area contributed by atoms with Gasteiger partial charge in [0.1, 0.15) is 6.33 Å². The lowest BCUT2D eigenvalue weighted by molar-refractivity contribution is 0.0664. The molecule has 0 N–H and O–H groups in total. The molecule has 0 atom stereocenters. The van der Waals surface area contributed by atoms with Gasteiger partial charge in [0, 0.05) is 60.1 Å². The molecule has 168 valence electrons. The van der Waals surface area contributed by atoms with Gasteiger partial charge in [-0.05, 0) is 49.9 Å². The minimum atomic E-state index is 0. The van der Waals surface area contributed by atoms with Crippen molar-refractivity contribution in [3.05, 3.63) is 78.4 Å². The van der Waals surface area contributed by atoms with Gasteiger partial charge in [0.25, 0.3) is 5.91 Å².